The highest BCUT2D eigenvalue weighted by Gasteiger charge is 2.22. The minimum Gasteiger partial charge on any atom is -0.497 e. The Morgan fingerprint density at radius 2 is 1.87 bits per heavy atom. The lowest BCUT2D eigenvalue weighted by Gasteiger charge is -2.34. The van der Waals surface area contributed by atoms with Gasteiger partial charge in [0.2, 0.25) is 23.5 Å². The number of ether oxygens (including phenoxy) is 1. The van der Waals surface area contributed by atoms with Crippen molar-refractivity contribution in [3.8, 4) is 17.1 Å². The number of piperazine rings is 1. The predicted molar refractivity (Wildman–Crippen MR) is 116 cm³/mol. The van der Waals surface area contributed by atoms with Crippen molar-refractivity contribution in [2.24, 2.45) is 0 Å². The fraction of sp³-hybridized carbons (Fsp3) is 0.545. The minimum absolute atomic E-state index is 0.0309. The van der Waals surface area contributed by atoms with Gasteiger partial charge in [-0.05, 0) is 44.5 Å². The highest BCUT2D eigenvalue weighted by atomic mass is 16.5. The second-order valence-electron chi connectivity index (χ2n) is 7.97. The van der Waals surface area contributed by atoms with Crippen LogP contribution in [0.15, 0.2) is 28.8 Å². The number of amides is 2. The quantitative estimate of drug-likeness (QED) is 0.648. The van der Waals surface area contributed by atoms with Gasteiger partial charge in [0.1, 0.15) is 5.75 Å². The van der Waals surface area contributed by atoms with Crippen molar-refractivity contribution < 1.29 is 18.8 Å². The maximum atomic E-state index is 12.5. The van der Waals surface area contributed by atoms with Gasteiger partial charge in [0.15, 0.2) is 0 Å². The first-order valence-electron chi connectivity index (χ1n) is 10.7. The molecule has 1 saturated heterocycles. The first-order valence-corrected chi connectivity index (χ1v) is 10.7. The molecule has 1 fully saturated rings. The third kappa shape index (κ3) is 6.78. The molecular weight excluding hydrogens is 398 g/mol. The van der Waals surface area contributed by atoms with E-state index in [4.69, 9.17) is 9.26 Å². The number of methoxy groups -OCH3 is 1. The highest BCUT2D eigenvalue weighted by molar-refractivity contribution is 5.78. The van der Waals surface area contributed by atoms with Gasteiger partial charge in [-0.2, -0.15) is 4.98 Å². The standard InChI is InChI=1S/C22H31N5O4/c1-16(2)23-19(28)15-26-11-13-27(14-12-26)21(29)6-4-5-20-24-22(25-31-20)17-7-9-18(30-3)10-8-17/h7-10,16H,4-6,11-15H2,1-3H3,(H,23,28). The van der Waals surface area contributed by atoms with Gasteiger partial charge in [-0.15, -0.1) is 0 Å². The maximum absolute atomic E-state index is 12.5. The molecule has 0 saturated carbocycles. The first kappa shape index (κ1) is 22.7. The van der Waals surface area contributed by atoms with E-state index in [9.17, 15) is 9.59 Å². The number of nitrogens with zero attached hydrogens (tertiary/aromatic N) is 4. The molecule has 9 heteroatoms. The molecule has 0 atom stereocenters. The largest absolute Gasteiger partial charge is 0.497 e. The topological polar surface area (TPSA) is 101 Å². The summed E-state index contributed by atoms with van der Waals surface area (Å²) in [6.45, 7) is 7.00. The van der Waals surface area contributed by atoms with Gasteiger partial charge >= 0.3 is 0 Å². The van der Waals surface area contributed by atoms with E-state index in [2.05, 4.69) is 20.4 Å². The molecule has 3 rings (SSSR count). The Morgan fingerprint density at radius 3 is 2.52 bits per heavy atom. The van der Waals surface area contributed by atoms with Crippen molar-refractivity contribution in [3.05, 3.63) is 30.2 Å². The van der Waals surface area contributed by atoms with Crippen molar-refractivity contribution in [3.63, 3.8) is 0 Å². The summed E-state index contributed by atoms with van der Waals surface area (Å²) in [6.07, 6.45) is 1.65. The van der Waals surface area contributed by atoms with Crippen molar-refractivity contribution in [2.75, 3.05) is 39.8 Å². The second kappa shape index (κ2) is 10.9. The van der Waals surface area contributed by atoms with Gasteiger partial charge < -0.3 is 19.5 Å². The van der Waals surface area contributed by atoms with Crippen LogP contribution in [0, 0.1) is 0 Å². The number of hydrogen-bond donors (Lipinski definition) is 1. The van der Waals surface area contributed by atoms with Gasteiger partial charge in [-0.25, -0.2) is 0 Å². The summed E-state index contributed by atoms with van der Waals surface area (Å²) in [5, 5.41) is 6.92. The van der Waals surface area contributed by atoms with Gasteiger partial charge in [0.25, 0.3) is 0 Å². The maximum Gasteiger partial charge on any atom is 0.234 e. The van der Waals surface area contributed by atoms with Gasteiger partial charge in [-0.3, -0.25) is 14.5 Å². The summed E-state index contributed by atoms with van der Waals surface area (Å²) in [7, 11) is 1.62. The average Bonchev–Trinajstić information content (AvgIpc) is 3.22. The summed E-state index contributed by atoms with van der Waals surface area (Å²) < 4.78 is 10.5. The van der Waals surface area contributed by atoms with Crippen LogP contribution in [0.3, 0.4) is 0 Å². The molecular formula is C22H31N5O4. The number of hydrogen-bond acceptors (Lipinski definition) is 7. The number of aryl methyl sites for hydroxylation is 1. The average molecular weight is 430 g/mol. The normalized spacial score (nSPS) is 14.6. The molecule has 168 valence electrons. The molecule has 2 amide bonds. The fourth-order valence-corrected chi connectivity index (χ4v) is 3.49. The molecule has 1 aliphatic heterocycles. The van der Waals surface area contributed by atoms with Crippen LogP contribution in [0.1, 0.15) is 32.6 Å². The Morgan fingerprint density at radius 1 is 1.16 bits per heavy atom. The van der Waals surface area contributed by atoms with Crippen LogP contribution in [-0.2, 0) is 16.0 Å². The van der Waals surface area contributed by atoms with E-state index in [1.807, 2.05) is 43.0 Å². The summed E-state index contributed by atoms with van der Waals surface area (Å²) in [5.41, 5.74) is 0.854. The first-order chi connectivity index (χ1) is 14.9. The third-order valence-corrected chi connectivity index (χ3v) is 5.14. The number of rotatable bonds is 9. The molecule has 1 aliphatic rings. The SMILES string of the molecule is COc1ccc(-c2noc(CCCC(=O)N3CCN(CC(=O)NC(C)C)CC3)n2)cc1. The van der Waals surface area contributed by atoms with Gasteiger partial charge in [0, 0.05) is 50.6 Å². The molecule has 9 nitrogen and oxygen atoms in total. The highest BCUT2D eigenvalue weighted by Crippen LogP contribution is 2.20. The van der Waals surface area contributed by atoms with Crippen LogP contribution in [0.2, 0.25) is 0 Å². The summed E-state index contributed by atoms with van der Waals surface area (Å²) in [5.74, 6) is 1.98. The number of nitrogens with one attached hydrogen (secondary N) is 1. The van der Waals surface area contributed by atoms with Gasteiger partial charge in [0.05, 0.1) is 13.7 Å². The van der Waals surface area contributed by atoms with Gasteiger partial charge in [-0.1, -0.05) is 5.16 Å². The van der Waals surface area contributed by atoms with Crippen molar-refractivity contribution in [1.82, 2.24) is 25.3 Å². The lowest BCUT2D eigenvalue weighted by molar-refractivity contribution is -0.133. The van der Waals surface area contributed by atoms with Crippen LogP contribution < -0.4 is 10.1 Å². The Bertz CT molecular complexity index is 857. The lowest BCUT2D eigenvalue weighted by Crippen LogP contribution is -2.51. The summed E-state index contributed by atoms with van der Waals surface area (Å²) in [6, 6.07) is 7.59. The molecule has 1 aromatic heterocycles. The van der Waals surface area contributed by atoms with E-state index in [1.165, 1.54) is 0 Å². The van der Waals surface area contributed by atoms with Crippen molar-refractivity contribution >= 4 is 11.8 Å². The third-order valence-electron chi connectivity index (χ3n) is 5.14. The number of benzene rings is 1. The second-order valence-corrected chi connectivity index (χ2v) is 7.97. The Kier molecular flexibility index (Phi) is 8.00. The number of carbonyl (C=O) groups is 2. The number of carbonyl (C=O) groups excluding carboxylic acids is 2. The molecule has 0 unspecified atom stereocenters. The van der Waals surface area contributed by atoms with E-state index < -0.39 is 0 Å². The zero-order valence-electron chi connectivity index (χ0n) is 18.5. The van der Waals surface area contributed by atoms with E-state index in [-0.39, 0.29) is 17.9 Å². The van der Waals surface area contributed by atoms with Crippen LogP contribution >= 0.6 is 0 Å². The fourth-order valence-electron chi connectivity index (χ4n) is 3.49. The summed E-state index contributed by atoms with van der Waals surface area (Å²) >= 11 is 0. The smallest absolute Gasteiger partial charge is 0.234 e. The Balaban J connectivity index is 1.38. The molecule has 0 aliphatic carbocycles. The molecule has 0 radical (unpaired) electrons. The summed E-state index contributed by atoms with van der Waals surface area (Å²) in [4.78, 5) is 32.7. The molecule has 31 heavy (non-hydrogen) atoms. The minimum atomic E-state index is 0.0309. The van der Waals surface area contributed by atoms with Crippen molar-refractivity contribution in [1.29, 1.82) is 0 Å². The molecule has 0 bridgehead atoms. The molecule has 2 heterocycles. The van der Waals surface area contributed by atoms with Crippen molar-refractivity contribution in [2.45, 2.75) is 39.2 Å². The zero-order chi connectivity index (χ0) is 22.2. The van der Waals surface area contributed by atoms with E-state index in [0.29, 0.717) is 63.7 Å². The Labute approximate surface area is 182 Å². The molecule has 1 aromatic carbocycles. The molecule has 1 N–H and O–H groups in total. The lowest BCUT2D eigenvalue weighted by atomic mass is 10.2. The molecule has 0 spiro atoms. The van der Waals surface area contributed by atoms with Crippen LogP contribution in [0.5, 0.6) is 5.75 Å². The Hall–Kier alpha value is -2.94. The van der Waals surface area contributed by atoms with Crippen LogP contribution in [-0.4, -0.2) is 77.6 Å². The molecule has 2 aromatic rings. The van der Waals surface area contributed by atoms with Crippen LogP contribution in [0.25, 0.3) is 11.4 Å². The number of aromatic nitrogens is 2. The van der Waals surface area contributed by atoms with E-state index in [1.54, 1.807) is 7.11 Å². The van der Waals surface area contributed by atoms with E-state index in [0.717, 1.165) is 11.3 Å². The monoisotopic (exact) mass is 429 g/mol. The van der Waals surface area contributed by atoms with E-state index >= 15 is 0 Å². The van der Waals surface area contributed by atoms with Crippen LogP contribution in [0.4, 0.5) is 0 Å². The predicted octanol–water partition coefficient (Wildman–Crippen LogP) is 1.74. The zero-order valence-corrected chi connectivity index (χ0v) is 18.5.